The minimum atomic E-state index is -0.811. The topological polar surface area (TPSA) is 55.5 Å². The van der Waals surface area contributed by atoms with E-state index in [9.17, 15) is 5.11 Å². The number of halogens is 1. The van der Waals surface area contributed by atoms with Gasteiger partial charge in [0.05, 0.1) is 6.61 Å². The Kier molecular flexibility index (Phi) is 6.53. The monoisotopic (exact) mass is 259 g/mol. The molecule has 4 heteroatoms. The fraction of sp³-hybridized carbons (Fsp3) is 0.538. The highest BCUT2D eigenvalue weighted by atomic mass is 35.5. The molecule has 1 atom stereocenters. The third kappa shape index (κ3) is 5.39. The van der Waals surface area contributed by atoms with Gasteiger partial charge in [-0.25, -0.2) is 0 Å². The van der Waals surface area contributed by atoms with Crippen molar-refractivity contribution in [1.82, 2.24) is 0 Å². The van der Waals surface area contributed by atoms with E-state index in [4.69, 9.17) is 10.5 Å². The fourth-order valence-electron chi connectivity index (χ4n) is 1.21. The summed E-state index contributed by atoms with van der Waals surface area (Å²) in [6.07, 6.45) is -0.0902. The number of nitrogens with two attached hydrogens (primary N) is 1. The van der Waals surface area contributed by atoms with Crippen LogP contribution >= 0.6 is 12.4 Å². The van der Waals surface area contributed by atoms with Gasteiger partial charge in [-0.05, 0) is 25.5 Å². The third-order valence-electron chi connectivity index (χ3n) is 2.84. The maximum absolute atomic E-state index is 9.34. The van der Waals surface area contributed by atoms with Crippen LogP contribution in [0.2, 0.25) is 0 Å². The molecule has 1 unspecified atom stereocenters. The Hall–Kier alpha value is -0.770. The molecule has 0 spiro atoms. The van der Waals surface area contributed by atoms with E-state index in [0.29, 0.717) is 6.61 Å². The van der Waals surface area contributed by atoms with Gasteiger partial charge in [0.1, 0.15) is 12.0 Å². The predicted octanol–water partition coefficient (Wildman–Crippen LogP) is 2.49. The smallest absolute Gasteiger partial charge is 0.119 e. The number of hydrogen-bond donors (Lipinski definition) is 2. The summed E-state index contributed by atoms with van der Waals surface area (Å²) in [6.45, 7) is 6.45. The van der Waals surface area contributed by atoms with E-state index < -0.39 is 6.23 Å². The van der Waals surface area contributed by atoms with Crippen LogP contribution in [-0.2, 0) is 0 Å². The molecular formula is C13H22ClNO2. The molecule has 0 fully saturated rings. The summed E-state index contributed by atoms with van der Waals surface area (Å²) in [4.78, 5) is 0. The molecule has 0 saturated carbocycles. The van der Waals surface area contributed by atoms with Gasteiger partial charge in [-0.3, -0.25) is 0 Å². The number of hydrogen-bond acceptors (Lipinski definition) is 3. The first kappa shape index (κ1) is 16.2. The first-order valence-corrected chi connectivity index (χ1v) is 5.55. The molecule has 0 radical (unpaired) electrons. The summed E-state index contributed by atoms with van der Waals surface area (Å²) in [5.74, 6) is 0.855. The lowest BCUT2D eigenvalue weighted by molar-refractivity contribution is 0.0394. The van der Waals surface area contributed by atoms with Crippen molar-refractivity contribution in [2.75, 3.05) is 6.61 Å². The maximum atomic E-state index is 9.34. The van der Waals surface area contributed by atoms with Crippen LogP contribution in [-0.4, -0.2) is 17.9 Å². The average molecular weight is 260 g/mol. The molecule has 1 aromatic carbocycles. The van der Waals surface area contributed by atoms with Crippen LogP contribution < -0.4 is 10.5 Å². The summed E-state index contributed by atoms with van der Waals surface area (Å²) in [7, 11) is 0. The number of aliphatic hydroxyl groups excluding tert-OH is 1. The van der Waals surface area contributed by atoms with Crippen LogP contribution in [0.4, 0.5) is 0 Å². The zero-order chi connectivity index (χ0) is 12.2. The van der Waals surface area contributed by atoms with Crippen molar-refractivity contribution in [3.05, 3.63) is 29.8 Å². The van der Waals surface area contributed by atoms with Crippen LogP contribution in [0.25, 0.3) is 0 Å². The standard InChI is InChI=1S/C13H21NO2.ClH/c1-10-4-6-11(7-5-10)16-9-8-13(2,3)12(14)15;/h4-7,12,15H,8-9,14H2,1-3H3;1H. The minimum Gasteiger partial charge on any atom is -0.494 e. The van der Waals surface area contributed by atoms with E-state index in [1.165, 1.54) is 5.56 Å². The number of ether oxygens (including phenoxy) is 1. The van der Waals surface area contributed by atoms with Crippen LogP contribution in [0.15, 0.2) is 24.3 Å². The highest BCUT2D eigenvalue weighted by Gasteiger charge is 2.24. The lowest BCUT2D eigenvalue weighted by Gasteiger charge is -2.27. The molecule has 98 valence electrons. The number of rotatable bonds is 5. The van der Waals surface area contributed by atoms with Gasteiger partial charge in [-0.2, -0.15) is 0 Å². The molecule has 1 aromatic rings. The molecule has 0 amide bonds. The molecule has 0 aliphatic rings. The molecule has 17 heavy (non-hydrogen) atoms. The van der Waals surface area contributed by atoms with Gasteiger partial charge in [0.2, 0.25) is 0 Å². The summed E-state index contributed by atoms with van der Waals surface area (Å²) in [6, 6.07) is 7.92. The van der Waals surface area contributed by atoms with Crippen molar-refractivity contribution in [3.63, 3.8) is 0 Å². The van der Waals surface area contributed by atoms with E-state index >= 15 is 0 Å². The van der Waals surface area contributed by atoms with Crippen molar-refractivity contribution in [3.8, 4) is 5.75 Å². The van der Waals surface area contributed by atoms with Crippen molar-refractivity contribution in [2.45, 2.75) is 33.4 Å². The Balaban J connectivity index is 0.00000256. The molecular weight excluding hydrogens is 238 g/mol. The normalized spacial score (nSPS) is 12.8. The lowest BCUT2D eigenvalue weighted by Crippen LogP contribution is -2.38. The highest BCUT2D eigenvalue weighted by molar-refractivity contribution is 5.85. The third-order valence-corrected chi connectivity index (χ3v) is 2.84. The van der Waals surface area contributed by atoms with Crippen LogP contribution in [0, 0.1) is 12.3 Å². The Labute approximate surface area is 109 Å². The van der Waals surface area contributed by atoms with Gasteiger partial charge < -0.3 is 15.6 Å². The second-order valence-corrected chi connectivity index (χ2v) is 4.84. The average Bonchev–Trinajstić information content (AvgIpc) is 2.20. The van der Waals surface area contributed by atoms with Gasteiger partial charge in [-0.15, -0.1) is 12.4 Å². The first-order valence-electron chi connectivity index (χ1n) is 5.55. The summed E-state index contributed by atoms with van der Waals surface area (Å²) < 4.78 is 5.58. The van der Waals surface area contributed by atoms with E-state index in [2.05, 4.69) is 0 Å². The Morgan fingerprint density at radius 1 is 1.29 bits per heavy atom. The second kappa shape index (κ2) is 6.84. The molecule has 0 aliphatic heterocycles. The first-order chi connectivity index (χ1) is 7.42. The quantitative estimate of drug-likeness (QED) is 0.799. The number of aryl methyl sites for hydroxylation is 1. The molecule has 0 aromatic heterocycles. The Bertz CT molecular complexity index is 323. The van der Waals surface area contributed by atoms with Crippen molar-refractivity contribution >= 4 is 12.4 Å². The Morgan fingerprint density at radius 3 is 2.29 bits per heavy atom. The van der Waals surface area contributed by atoms with Gasteiger partial charge in [-0.1, -0.05) is 31.5 Å². The van der Waals surface area contributed by atoms with Crippen molar-refractivity contribution in [1.29, 1.82) is 0 Å². The maximum Gasteiger partial charge on any atom is 0.119 e. The second-order valence-electron chi connectivity index (χ2n) is 4.84. The summed E-state index contributed by atoms with van der Waals surface area (Å²) >= 11 is 0. The molecule has 3 nitrogen and oxygen atoms in total. The number of aliphatic hydroxyl groups is 1. The van der Waals surface area contributed by atoms with Gasteiger partial charge in [0.25, 0.3) is 0 Å². The zero-order valence-corrected chi connectivity index (χ0v) is 11.5. The van der Waals surface area contributed by atoms with Crippen LogP contribution in [0.1, 0.15) is 25.8 Å². The van der Waals surface area contributed by atoms with Crippen LogP contribution in [0.3, 0.4) is 0 Å². The zero-order valence-electron chi connectivity index (χ0n) is 10.6. The summed E-state index contributed by atoms with van der Waals surface area (Å²) in [5.41, 5.74) is 6.37. The van der Waals surface area contributed by atoms with E-state index in [1.54, 1.807) is 0 Å². The molecule has 0 bridgehead atoms. The molecule has 0 aliphatic carbocycles. The van der Waals surface area contributed by atoms with E-state index in [0.717, 1.165) is 12.2 Å². The lowest BCUT2D eigenvalue weighted by atomic mass is 9.88. The van der Waals surface area contributed by atoms with Crippen LogP contribution in [0.5, 0.6) is 5.75 Å². The van der Waals surface area contributed by atoms with Gasteiger partial charge >= 0.3 is 0 Å². The minimum absolute atomic E-state index is 0. The van der Waals surface area contributed by atoms with Gasteiger partial charge in [0.15, 0.2) is 0 Å². The van der Waals surface area contributed by atoms with E-state index in [1.807, 2.05) is 45.0 Å². The van der Waals surface area contributed by atoms with Gasteiger partial charge in [0, 0.05) is 5.41 Å². The molecule has 3 N–H and O–H groups in total. The largest absolute Gasteiger partial charge is 0.494 e. The number of benzene rings is 1. The van der Waals surface area contributed by atoms with Crippen molar-refractivity contribution < 1.29 is 9.84 Å². The Morgan fingerprint density at radius 2 is 1.82 bits per heavy atom. The highest BCUT2D eigenvalue weighted by Crippen LogP contribution is 2.23. The molecule has 0 saturated heterocycles. The SMILES string of the molecule is Cc1ccc(OCCC(C)(C)C(N)O)cc1.Cl. The summed E-state index contributed by atoms with van der Waals surface area (Å²) in [5, 5.41) is 9.34. The van der Waals surface area contributed by atoms with Crippen molar-refractivity contribution in [2.24, 2.45) is 11.1 Å². The fourth-order valence-corrected chi connectivity index (χ4v) is 1.21. The predicted molar refractivity (Wildman–Crippen MR) is 72.5 cm³/mol. The molecule has 1 rings (SSSR count). The van der Waals surface area contributed by atoms with E-state index in [-0.39, 0.29) is 17.8 Å². The molecule has 0 heterocycles.